The molecule has 5 aromatic carbocycles. The Bertz CT molecular complexity index is 1610. The fraction of sp³-hybridized carbons (Fsp3) is 0. The summed E-state index contributed by atoms with van der Waals surface area (Å²) in [6.45, 7) is 0. The third kappa shape index (κ3) is 4.32. The lowest BCUT2D eigenvalue weighted by atomic mass is 10.0. The lowest BCUT2D eigenvalue weighted by Crippen LogP contribution is -2.15. The van der Waals surface area contributed by atoms with E-state index < -0.39 is 17.9 Å². The number of ether oxygens (including phenoxy) is 2. The topological polar surface area (TPSA) is 89.9 Å². The summed E-state index contributed by atoms with van der Waals surface area (Å²) in [6, 6.07) is 29.2. The van der Waals surface area contributed by atoms with E-state index in [0.29, 0.717) is 5.39 Å². The highest BCUT2D eigenvalue weighted by Gasteiger charge is 2.23. The number of carbonyl (C=O) groups is 3. The van der Waals surface area contributed by atoms with Crippen LogP contribution in [0.25, 0.3) is 21.5 Å². The Morgan fingerprint density at radius 3 is 2.03 bits per heavy atom. The van der Waals surface area contributed by atoms with E-state index in [0.717, 1.165) is 16.2 Å². The van der Waals surface area contributed by atoms with Gasteiger partial charge in [-0.3, -0.25) is 0 Å². The molecular formula is C29H18O6. The SMILES string of the molecule is O=C(Oc1cccc(C(=O)O)c1OC(=O)c1cccc2ccccc12)c1ccc2ccccc2c1. The van der Waals surface area contributed by atoms with Gasteiger partial charge < -0.3 is 14.6 Å². The molecule has 0 aliphatic carbocycles. The molecule has 6 nitrogen and oxygen atoms in total. The molecular weight excluding hydrogens is 444 g/mol. The highest BCUT2D eigenvalue weighted by molar-refractivity contribution is 6.06. The van der Waals surface area contributed by atoms with E-state index >= 15 is 0 Å². The Kier molecular flexibility index (Phi) is 5.69. The van der Waals surface area contributed by atoms with Gasteiger partial charge in [0.25, 0.3) is 0 Å². The van der Waals surface area contributed by atoms with Crippen LogP contribution >= 0.6 is 0 Å². The smallest absolute Gasteiger partial charge is 0.344 e. The van der Waals surface area contributed by atoms with E-state index in [4.69, 9.17) is 9.47 Å². The van der Waals surface area contributed by atoms with Crippen LogP contribution in [0.4, 0.5) is 0 Å². The number of aromatic carboxylic acids is 1. The normalized spacial score (nSPS) is 10.7. The van der Waals surface area contributed by atoms with Crippen LogP contribution in [0, 0.1) is 0 Å². The van der Waals surface area contributed by atoms with Crippen LogP contribution in [0.15, 0.2) is 103 Å². The third-order valence-corrected chi connectivity index (χ3v) is 5.60. The van der Waals surface area contributed by atoms with Gasteiger partial charge in [0, 0.05) is 0 Å². The van der Waals surface area contributed by atoms with Crippen molar-refractivity contribution in [2.45, 2.75) is 0 Å². The summed E-state index contributed by atoms with van der Waals surface area (Å²) in [5, 5.41) is 13.0. The lowest BCUT2D eigenvalue weighted by Gasteiger charge is -2.14. The van der Waals surface area contributed by atoms with Gasteiger partial charge in [-0.2, -0.15) is 0 Å². The van der Waals surface area contributed by atoms with Crippen LogP contribution in [0.1, 0.15) is 31.1 Å². The van der Waals surface area contributed by atoms with Gasteiger partial charge in [-0.05, 0) is 51.9 Å². The summed E-state index contributed by atoms with van der Waals surface area (Å²) in [5.74, 6) is -3.31. The monoisotopic (exact) mass is 462 g/mol. The molecule has 0 atom stereocenters. The fourth-order valence-electron chi connectivity index (χ4n) is 3.90. The Balaban J connectivity index is 1.50. The zero-order valence-electron chi connectivity index (χ0n) is 18.3. The summed E-state index contributed by atoms with van der Waals surface area (Å²) in [6.07, 6.45) is 0. The molecule has 0 unspecified atom stereocenters. The second-order valence-electron chi connectivity index (χ2n) is 7.81. The molecule has 35 heavy (non-hydrogen) atoms. The van der Waals surface area contributed by atoms with Crippen molar-refractivity contribution in [1.29, 1.82) is 0 Å². The van der Waals surface area contributed by atoms with Crippen LogP contribution < -0.4 is 9.47 Å². The van der Waals surface area contributed by atoms with Crippen molar-refractivity contribution in [1.82, 2.24) is 0 Å². The molecule has 0 spiro atoms. The number of esters is 2. The lowest BCUT2D eigenvalue weighted by molar-refractivity contribution is 0.0653. The maximum atomic E-state index is 13.1. The standard InChI is InChI=1S/C29H18O6/c30-27(31)24-13-6-14-25(34-28(32)21-16-15-18-7-1-2-9-20(18)17-21)26(24)35-29(33)23-12-5-10-19-8-3-4-11-22(19)23/h1-17H,(H,30,31). The molecule has 0 aliphatic rings. The quantitative estimate of drug-likeness (QED) is 0.250. The van der Waals surface area contributed by atoms with E-state index in [1.807, 2.05) is 42.5 Å². The summed E-state index contributed by atoms with van der Waals surface area (Å²) in [5.41, 5.74) is 0.230. The van der Waals surface area contributed by atoms with Gasteiger partial charge in [-0.1, -0.05) is 72.8 Å². The van der Waals surface area contributed by atoms with E-state index in [1.165, 1.54) is 18.2 Å². The molecule has 0 radical (unpaired) electrons. The molecule has 0 saturated carbocycles. The summed E-state index contributed by atoms with van der Waals surface area (Å²) < 4.78 is 11.1. The van der Waals surface area contributed by atoms with Crippen LogP contribution in [-0.2, 0) is 0 Å². The predicted molar refractivity (Wildman–Crippen MR) is 131 cm³/mol. The number of rotatable bonds is 5. The van der Waals surface area contributed by atoms with E-state index in [9.17, 15) is 19.5 Å². The van der Waals surface area contributed by atoms with Crippen LogP contribution in [0.3, 0.4) is 0 Å². The fourth-order valence-corrected chi connectivity index (χ4v) is 3.90. The van der Waals surface area contributed by atoms with Gasteiger partial charge in [0.1, 0.15) is 5.56 Å². The van der Waals surface area contributed by atoms with E-state index in [-0.39, 0.29) is 28.2 Å². The highest BCUT2D eigenvalue weighted by atomic mass is 16.6. The maximum absolute atomic E-state index is 13.1. The number of carbonyl (C=O) groups excluding carboxylic acids is 2. The van der Waals surface area contributed by atoms with Crippen molar-refractivity contribution < 1.29 is 29.0 Å². The second kappa shape index (κ2) is 9.11. The first-order valence-corrected chi connectivity index (χ1v) is 10.8. The molecule has 6 heteroatoms. The van der Waals surface area contributed by atoms with Crippen molar-refractivity contribution in [2.24, 2.45) is 0 Å². The van der Waals surface area contributed by atoms with E-state index in [1.54, 1.807) is 42.5 Å². The Morgan fingerprint density at radius 1 is 0.571 bits per heavy atom. The number of hydrogen-bond acceptors (Lipinski definition) is 5. The largest absolute Gasteiger partial charge is 0.478 e. The number of carboxylic acid groups (broad SMARTS) is 1. The molecule has 0 fully saturated rings. The number of para-hydroxylation sites is 1. The molecule has 1 N–H and O–H groups in total. The summed E-state index contributed by atoms with van der Waals surface area (Å²) >= 11 is 0. The molecule has 0 heterocycles. The molecule has 5 aromatic rings. The molecule has 0 aliphatic heterocycles. The average molecular weight is 462 g/mol. The maximum Gasteiger partial charge on any atom is 0.344 e. The first-order chi connectivity index (χ1) is 17.0. The minimum Gasteiger partial charge on any atom is -0.478 e. The molecule has 0 bridgehead atoms. The number of hydrogen-bond donors (Lipinski definition) is 1. The zero-order chi connectivity index (χ0) is 24.4. The second-order valence-corrected chi connectivity index (χ2v) is 7.81. The van der Waals surface area contributed by atoms with Crippen molar-refractivity contribution >= 4 is 39.5 Å². The van der Waals surface area contributed by atoms with Gasteiger partial charge in [0.2, 0.25) is 0 Å². The van der Waals surface area contributed by atoms with Crippen molar-refractivity contribution in [2.75, 3.05) is 0 Å². The summed E-state index contributed by atoms with van der Waals surface area (Å²) in [7, 11) is 0. The predicted octanol–water partition coefficient (Wildman–Crippen LogP) is 6.13. The minimum atomic E-state index is -1.32. The highest BCUT2D eigenvalue weighted by Crippen LogP contribution is 2.34. The third-order valence-electron chi connectivity index (χ3n) is 5.60. The Hall–Kier alpha value is -4.97. The average Bonchev–Trinajstić information content (AvgIpc) is 2.88. The van der Waals surface area contributed by atoms with Gasteiger partial charge >= 0.3 is 17.9 Å². The van der Waals surface area contributed by atoms with E-state index in [2.05, 4.69) is 0 Å². The minimum absolute atomic E-state index is 0.170. The number of fused-ring (bicyclic) bond motifs is 2. The number of carboxylic acids is 1. The van der Waals surface area contributed by atoms with Crippen molar-refractivity contribution in [3.05, 3.63) is 120 Å². The number of benzene rings is 5. The van der Waals surface area contributed by atoms with Crippen LogP contribution in [-0.4, -0.2) is 23.0 Å². The molecule has 0 amide bonds. The molecule has 0 aromatic heterocycles. The van der Waals surface area contributed by atoms with Gasteiger partial charge in [-0.15, -0.1) is 0 Å². The zero-order valence-corrected chi connectivity index (χ0v) is 18.3. The molecule has 0 saturated heterocycles. The van der Waals surface area contributed by atoms with Gasteiger partial charge in [0.15, 0.2) is 11.5 Å². The van der Waals surface area contributed by atoms with Crippen LogP contribution in [0.5, 0.6) is 11.5 Å². The molecule has 5 rings (SSSR count). The Morgan fingerprint density at radius 2 is 1.23 bits per heavy atom. The Labute approximate surface area is 200 Å². The van der Waals surface area contributed by atoms with Gasteiger partial charge in [-0.25, -0.2) is 14.4 Å². The summed E-state index contributed by atoms with van der Waals surface area (Å²) in [4.78, 5) is 37.9. The first-order valence-electron chi connectivity index (χ1n) is 10.8. The van der Waals surface area contributed by atoms with Crippen LogP contribution in [0.2, 0.25) is 0 Å². The first kappa shape index (κ1) is 21.9. The van der Waals surface area contributed by atoms with Gasteiger partial charge in [0.05, 0.1) is 11.1 Å². The van der Waals surface area contributed by atoms with Crippen molar-refractivity contribution in [3.63, 3.8) is 0 Å². The van der Waals surface area contributed by atoms with Crippen molar-refractivity contribution in [3.8, 4) is 11.5 Å². The molecule has 170 valence electrons.